The molecule has 0 fully saturated rings. The third-order valence-electron chi connectivity index (χ3n) is 16.0. The van der Waals surface area contributed by atoms with Gasteiger partial charge in [0.05, 0.1) is 166 Å². The minimum atomic E-state index is 0.152. The van der Waals surface area contributed by atoms with Gasteiger partial charge in [0, 0.05) is 65.6 Å². The summed E-state index contributed by atoms with van der Waals surface area (Å²) in [6, 6.07) is 68.0. The van der Waals surface area contributed by atoms with E-state index in [9.17, 15) is 47.4 Å². The van der Waals surface area contributed by atoms with Crippen LogP contribution in [0.3, 0.4) is 0 Å². The second-order valence-electron chi connectivity index (χ2n) is 20.4. The number of rotatable bonds is 5. The monoisotopic (exact) mass is 1070 g/mol. The molecule has 0 N–H and O–H groups in total. The van der Waals surface area contributed by atoms with Crippen LogP contribution in [-0.4, -0.2) is 23.3 Å². The van der Waals surface area contributed by atoms with Gasteiger partial charge in [0.1, 0.15) is 6.07 Å². The molecular weight excluding hydrogens is 1040 g/mol. The molecule has 382 valence electrons. The molecule has 14 heteroatoms. The van der Waals surface area contributed by atoms with Crippen molar-refractivity contribution in [2.45, 2.75) is 13.8 Å². The van der Waals surface area contributed by atoms with Crippen LogP contribution in [-0.2, 0) is 0 Å². The van der Waals surface area contributed by atoms with Crippen molar-refractivity contribution in [3.8, 4) is 88.5 Å². The zero-order valence-electron chi connectivity index (χ0n) is 44.3. The highest BCUT2D eigenvalue weighted by molar-refractivity contribution is 6.18. The van der Waals surface area contributed by atoms with Crippen LogP contribution in [0.4, 0.5) is 0 Å². The molecule has 0 amide bonds. The van der Waals surface area contributed by atoms with E-state index in [1.54, 1.807) is 97.1 Å². The molecule has 0 radical (unpaired) electrons. The van der Waals surface area contributed by atoms with Gasteiger partial charge in [-0.15, -0.1) is 0 Å². The fraction of sp³-hybridized carbons (Fsp3) is 0.0286. The number of pyridine rings is 1. The average molecular weight is 1070 g/mol. The lowest BCUT2D eigenvalue weighted by atomic mass is 9.91. The molecule has 84 heavy (non-hydrogen) atoms. The fourth-order valence-corrected chi connectivity index (χ4v) is 12.5. The van der Waals surface area contributed by atoms with E-state index >= 15 is 0 Å². The summed E-state index contributed by atoms with van der Waals surface area (Å²) < 4.78 is 8.21. The third kappa shape index (κ3) is 6.90. The summed E-state index contributed by atoms with van der Waals surface area (Å²) in [5, 5.41) is 102. The van der Waals surface area contributed by atoms with Crippen LogP contribution in [0.15, 0.2) is 158 Å². The fourth-order valence-electron chi connectivity index (χ4n) is 12.5. The number of aromatic nitrogens is 5. The molecule has 0 aliphatic carbocycles. The normalized spacial score (nSPS) is 11.1. The van der Waals surface area contributed by atoms with Gasteiger partial charge in [-0.3, -0.25) is 4.98 Å². The Labute approximate surface area is 477 Å². The average Bonchev–Trinajstić information content (AvgIpc) is 1.45. The molecule has 0 aliphatic rings. The van der Waals surface area contributed by atoms with Crippen LogP contribution in [0.1, 0.15) is 61.5 Å². The number of aryl methyl sites for hydroxylation is 2. The standard InChI is InChI=1S/C70H32N14/c1-38-3-12-48(39(2)80-38)66-57(37-79)67(81-58-13-4-40(29-71)21-49(58)50-22-41(30-72)5-14-59(50)81)69(83-62-17-8-44(33-75)25-53(62)54-26-45(34-76)9-18-63(54)83)70(84-64-19-10-46(35-77)27-55(64)56-28-47(36-78)11-20-65(56)84)68(66)82-60-15-6-42(31-73)23-51(60)52-24-43(32-74)7-16-61(52)82/h3-28H,1-2H3. The zero-order valence-corrected chi connectivity index (χ0v) is 44.3. The molecule has 14 aromatic rings. The van der Waals surface area contributed by atoms with Crippen molar-refractivity contribution in [3.63, 3.8) is 0 Å². The summed E-state index contributed by atoms with van der Waals surface area (Å²) in [6.07, 6.45) is 0. The Bertz CT molecular complexity index is 5550. The van der Waals surface area contributed by atoms with Crippen molar-refractivity contribution in [1.82, 2.24) is 23.3 Å². The van der Waals surface area contributed by atoms with E-state index in [-0.39, 0.29) is 5.56 Å². The molecule has 14 rings (SSSR count). The summed E-state index contributed by atoms with van der Waals surface area (Å²) in [4.78, 5) is 5.08. The van der Waals surface area contributed by atoms with E-state index in [4.69, 9.17) is 4.98 Å². The Morgan fingerprint density at radius 2 is 0.512 bits per heavy atom. The van der Waals surface area contributed by atoms with Crippen LogP contribution >= 0.6 is 0 Å². The van der Waals surface area contributed by atoms with Crippen LogP contribution in [0.2, 0.25) is 0 Å². The molecule has 0 saturated carbocycles. The lowest BCUT2D eigenvalue weighted by Crippen LogP contribution is -2.17. The largest absolute Gasteiger partial charge is 0.306 e. The van der Waals surface area contributed by atoms with Crippen molar-refractivity contribution in [1.29, 1.82) is 47.4 Å². The molecule has 0 aliphatic heterocycles. The van der Waals surface area contributed by atoms with E-state index in [0.717, 1.165) is 0 Å². The zero-order chi connectivity index (χ0) is 57.8. The predicted octanol–water partition coefficient (Wildman–Crippen LogP) is 14.6. The number of nitriles is 9. The maximum atomic E-state index is 12.8. The molecule has 0 bridgehead atoms. The van der Waals surface area contributed by atoms with Crippen molar-refractivity contribution in [2.75, 3.05) is 0 Å². The van der Waals surface area contributed by atoms with Gasteiger partial charge in [-0.2, -0.15) is 47.4 Å². The molecule has 0 unspecified atom stereocenters. The van der Waals surface area contributed by atoms with Gasteiger partial charge < -0.3 is 18.3 Å². The number of hydrogen-bond acceptors (Lipinski definition) is 10. The molecular formula is C70H32N14. The molecule has 0 atom stereocenters. The Kier molecular flexibility index (Phi) is 10.8. The van der Waals surface area contributed by atoms with Gasteiger partial charge in [0.2, 0.25) is 0 Å². The van der Waals surface area contributed by atoms with Crippen molar-refractivity contribution in [3.05, 3.63) is 219 Å². The first-order chi connectivity index (χ1) is 41.1. The Morgan fingerprint density at radius 3 is 0.750 bits per heavy atom. The highest BCUT2D eigenvalue weighted by Gasteiger charge is 2.36. The Balaban J connectivity index is 1.40. The van der Waals surface area contributed by atoms with Gasteiger partial charge in [-0.25, -0.2) is 0 Å². The molecule has 5 heterocycles. The number of nitrogens with zero attached hydrogens (tertiary/aromatic N) is 14. The highest BCUT2D eigenvalue weighted by Crippen LogP contribution is 2.52. The number of fused-ring (bicyclic) bond motifs is 12. The minimum Gasteiger partial charge on any atom is -0.306 e. The minimum absolute atomic E-state index is 0.152. The summed E-state index contributed by atoms with van der Waals surface area (Å²) in [5.74, 6) is 0. The van der Waals surface area contributed by atoms with E-state index in [0.29, 0.717) is 177 Å². The second-order valence-corrected chi connectivity index (χ2v) is 20.4. The summed E-state index contributed by atoms with van der Waals surface area (Å²) >= 11 is 0. The summed E-state index contributed by atoms with van der Waals surface area (Å²) in [6.45, 7) is 3.77. The quantitative estimate of drug-likeness (QED) is 0.158. The number of hydrogen-bond donors (Lipinski definition) is 0. The molecule has 0 saturated heterocycles. The van der Waals surface area contributed by atoms with Crippen molar-refractivity contribution in [2.24, 2.45) is 0 Å². The van der Waals surface area contributed by atoms with E-state index in [1.165, 1.54) is 0 Å². The van der Waals surface area contributed by atoms with Gasteiger partial charge in [-0.1, -0.05) is 6.07 Å². The Hall–Kier alpha value is -13.3. The maximum Gasteiger partial charge on any atom is 0.102 e. The van der Waals surface area contributed by atoms with E-state index < -0.39 is 0 Å². The van der Waals surface area contributed by atoms with Crippen molar-refractivity contribution < 1.29 is 0 Å². The van der Waals surface area contributed by atoms with Gasteiger partial charge in [0.15, 0.2) is 0 Å². The van der Waals surface area contributed by atoms with Gasteiger partial charge in [-0.05, 0) is 166 Å². The Morgan fingerprint density at radius 1 is 0.274 bits per heavy atom. The summed E-state index contributed by atoms with van der Waals surface area (Å²) in [5.41, 5.74) is 11.6. The van der Waals surface area contributed by atoms with Crippen LogP contribution in [0, 0.1) is 116 Å². The second kappa shape index (κ2) is 18.4. The maximum absolute atomic E-state index is 12.8. The van der Waals surface area contributed by atoms with Crippen LogP contribution in [0.25, 0.3) is 121 Å². The molecule has 9 aromatic carbocycles. The van der Waals surface area contributed by atoms with E-state index in [1.807, 2.05) is 79.1 Å². The van der Waals surface area contributed by atoms with Crippen molar-refractivity contribution >= 4 is 87.2 Å². The predicted molar refractivity (Wildman–Crippen MR) is 319 cm³/mol. The lowest BCUT2D eigenvalue weighted by molar-refractivity contribution is 1.02. The lowest BCUT2D eigenvalue weighted by Gasteiger charge is -2.30. The first-order valence-electron chi connectivity index (χ1n) is 26.2. The number of benzene rings is 9. The molecule has 5 aromatic heterocycles. The van der Waals surface area contributed by atoms with Crippen LogP contribution in [0.5, 0.6) is 0 Å². The highest BCUT2D eigenvalue weighted by atomic mass is 15.1. The molecule has 14 nitrogen and oxygen atoms in total. The first kappa shape index (κ1) is 49.1. The van der Waals surface area contributed by atoms with Gasteiger partial charge >= 0.3 is 0 Å². The molecule has 0 spiro atoms. The van der Waals surface area contributed by atoms with Gasteiger partial charge in [0.25, 0.3) is 0 Å². The topological polar surface area (TPSA) is 247 Å². The first-order valence-corrected chi connectivity index (χ1v) is 26.2. The SMILES string of the molecule is Cc1ccc(-c2c(C#N)c(-n3c4ccc(C#N)cc4c4cc(C#N)ccc43)c(-n3c4ccc(C#N)cc4c4cc(C#N)ccc43)c(-n3c4ccc(C#N)cc4c4cc(C#N)ccc43)c2-n2c3ccc(C#N)cc3c3cc(C#N)ccc32)c(C)n1. The third-order valence-corrected chi connectivity index (χ3v) is 16.0. The summed E-state index contributed by atoms with van der Waals surface area (Å²) in [7, 11) is 0. The smallest absolute Gasteiger partial charge is 0.102 e. The van der Waals surface area contributed by atoms with Crippen LogP contribution < -0.4 is 0 Å². The van der Waals surface area contributed by atoms with E-state index in [2.05, 4.69) is 68.3 Å².